The van der Waals surface area contributed by atoms with Crippen molar-refractivity contribution in [1.29, 1.82) is 0 Å². The van der Waals surface area contributed by atoms with Gasteiger partial charge in [0, 0.05) is 0 Å². The van der Waals surface area contributed by atoms with Gasteiger partial charge in [0.05, 0.1) is 0 Å². The van der Waals surface area contributed by atoms with Gasteiger partial charge in [0.1, 0.15) is 0 Å². The molecular weight excluding hydrogens is 730 g/mol. The maximum atomic E-state index is 2.36. The van der Waals surface area contributed by atoms with Crippen molar-refractivity contribution < 1.29 is 26.2 Å². The molecule has 0 atom stereocenters. The minimum Gasteiger partial charge on any atom is -0.160 e. The Morgan fingerprint density at radius 3 is 1.06 bits per heavy atom. The Labute approximate surface area is 327 Å². The number of hydrogen-bond acceptors (Lipinski definition) is 0. The first kappa shape index (κ1) is 38.5. The third-order valence-corrected chi connectivity index (χ3v) is 11.6. The Morgan fingerprint density at radius 2 is 0.725 bits per heavy atom. The standard InChI is InChI=1S/2C17H16P.C14H14.Zr/c2*1-18(2)15-11-14-9-6-10-16(17(14)12-15)13-7-4-3-5-8-13;1-3-7-13(8-4-1)11-12-14-9-5-2-6-10-14;/h2*3-12H,1-2H3;1-10H,11-12H2;/q2*-1;;+2. The molecule has 0 bridgehead atoms. The van der Waals surface area contributed by atoms with Gasteiger partial charge in [0.15, 0.2) is 0 Å². The summed E-state index contributed by atoms with van der Waals surface area (Å²) in [6.45, 7) is 9.24. The molecule has 0 amide bonds. The third kappa shape index (κ3) is 10.4. The largest absolute Gasteiger partial charge is 2.00 e. The third-order valence-electron chi connectivity index (χ3n) is 9.06. The van der Waals surface area contributed by atoms with Crippen molar-refractivity contribution >= 4 is 48.0 Å². The average Bonchev–Trinajstić information content (AvgIpc) is 3.82. The van der Waals surface area contributed by atoms with Crippen LogP contribution in [0.25, 0.3) is 43.8 Å². The molecule has 0 aliphatic rings. The number of hydrogen-bond donors (Lipinski definition) is 0. The van der Waals surface area contributed by atoms with Crippen LogP contribution in [-0.4, -0.2) is 26.7 Å². The molecule has 0 nitrogen and oxygen atoms in total. The van der Waals surface area contributed by atoms with Crippen LogP contribution in [0.3, 0.4) is 0 Å². The van der Waals surface area contributed by atoms with Gasteiger partial charge in [0.2, 0.25) is 0 Å². The molecule has 0 fully saturated rings. The molecule has 8 rings (SSSR count). The molecule has 51 heavy (non-hydrogen) atoms. The van der Waals surface area contributed by atoms with Gasteiger partial charge in [-0.3, -0.25) is 0 Å². The first-order valence-corrected chi connectivity index (χ1v) is 21.9. The zero-order valence-corrected chi connectivity index (χ0v) is 34.4. The van der Waals surface area contributed by atoms with Crippen LogP contribution >= 0.6 is 15.8 Å². The summed E-state index contributed by atoms with van der Waals surface area (Å²) in [4.78, 5) is 0. The van der Waals surface area contributed by atoms with E-state index in [0.29, 0.717) is 0 Å². The normalized spacial score (nSPS) is 10.7. The first-order chi connectivity index (χ1) is 24.5. The zero-order valence-electron chi connectivity index (χ0n) is 30.1. The second-order valence-corrected chi connectivity index (χ2v) is 17.6. The summed E-state index contributed by atoms with van der Waals surface area (Å²) in [5, 5.41) is 8.47. The van der Waals surface area contributed by atoms with Crippen LogP contribution in [0, 0.1) is 0 Å². The smallest absolute Gasteiger partial charge is 0.160 e. The molecule has 252 valence electrons. The molecule has 0 spiro atoms. The predicted molar refractivity (Wildman–Crippen MR) is 227 cm³/mol. The van der Waals surface area contributed by atoms with Crippen molar-refractivity contribution in [1.82, 2.24) is 0 Å². The summed E-state index contributed by atoms with van der Waals surface area (Å²) in [7, 11) is -0.0473. The minimum absolute atomic E-state index is 0. The fourth-order valence-electron chi connectivity index (χ4n) is 6.27. The maximum absolute atomic E-state index is 2.36. The fraction of sp³-hybridized carbons (Fsp3) is 0.125. The quantitative estimate of drug-likeness (QED) is 0.112. The molecule has 0 N–H and O–H groups in total. The van der Waals surface area contributed by atoms with Crippen molar-refractivity contribution in [3.63, 3.8) is 0 Å². The van der Waals surface area contributed by atoms with Crippen LogP contribution in [0.2, 0.25) is 0 Å². The first-order valence-electron chi connectivity index (χ1n) is 17.4. The minimum atomic E-state index is -0.0237. The molecule has 0 unspecified atom stereocenters. The Balaban J connectivity index is 0.000000148. The van der Waals surface area contributed by atoms with E-state index in [9.17, 15) is 0 Å². The van der Waals surface area contributed by atoms with Gasteiger partial charge in [-0.25, -0.2) is 0 Å². The summed E-state index contributed by atoms with van der Waals surface area (Å²) >= 11 is 0. The van der Waals surface area contributed by atoms with Crippen molar-refractivity contribution in [2.45, 2.75) is 12.8 Å². The van der Waals surface area contributed by atoms with Crippen LogP contribution in [0.1, 0.15) is 11.1 Å². The summed E-state index contributed by atoms with van der Waals surface area (Å²) in [5.41, 5.74) is 8.12. The van der Waals surface area contributed by atoms with Crippen LogP contribution in [0.15, 0.2) is 182 Å². The van der Waals surface area contributed by atoms with Gasteiger partial charge in [-0.05, 0) is 61.8 Å². The van der Waals surface area contributed by atoms with Gasteiger partial charge in [0.25, 0.3) is 0 Å². The number of rotatable bonds is 7. The molecule has 0 aliphatic heterocycles. The molecule has 8 aromatic rings. The van der Waals surface area contributed by atoms with Crippen molar-refractivity contribution in [3.8, 4) is 22.3 Å². The Bertz CT molecular complexity index is 2040. The van der Waals surface area contributed by atoms with E-state index in [1.807, 2.05) is 0 Å². The molecular formula is C48H46P2Zr. The Hall–Kier alpha value is -3.72. The van der Waals surface area contributed by atoms with Crippen LogP contribution in [0.4, 0.5) is 0 Å². The maximum Gasteiger partial charge on any atom is 2.00 e. The fourth-order valence-corrected chi connectivity index (χ4v) is 7.84. The van der Waals surface area contributed by atoms with E-state index in [4.69, 9.17) is 0 Å². The van der Waals surface area contributed by atoms with Crippen molar-refractivity contribution in [2.75, 3.05) is 26.7 Å². The molecule has 0 saturated carbocycles. The van der Waals surface area contributed by atoms with E-state index >= 15 is 0 Å². The van der Waals surface area contributed by atoms with Gasteiger partial charge in [-0.15, -0.1) is 84.4 Å². The second-order valence-electron chi connectivity index (χ2n) is 13.0. The summed E-state index contributed by atoms with van der Waals surface area (Å²) < 4.78 is 0. The van der Waals surface area contributed by atoms with Crippen LogP contribution in [-0.2, 0) is 39.0 Å². The molecule has 0 aromatic heterocycles. The average molecular weight is 776 g/mol. The Morgan fingerprint density at radius 1 is 0.392 bits per heavy atom. The summed E-state index contributed by atoms with van der Waals surface area (Å²) in [5.74, 6) is 0. The predicted octanol–water partition coefficient (Wildman–Crippen LogP) is 12.7. The molecule has 3 heteroatoms. The molecule has 0 aliphatic carbocycles. The molecule has 0 radical (unpaired) electrons. The van der Waals surface area contributed by atoms with Gasteiger partial charge >= 0.3 is 26.2 Å². The van der Waals surface area contributed by atoms with E-state index in [1.54, 1.807) is 0 Å². The van der Waals surface area contributed by atoms with E-state index in [-0.39, 0.29) is 42.0 Å². The number of aryl methyl sites for hydroxylation is 2. The van der Waals surface area contributed by atoms with Crippen LogP contribution < -0.4 is 10.6 Å². The topological polar surface area (TPSA) is 0 Å². The van der Waals surface area contributed by atoms with Crippen molar-refractivity contribution in [2.24, 2.45) is 0 Å². The van der Waals surface area contributed by atoms with Gasteiger partial charge in [-0.1, -0.05) is 145 Å². The zero-order chi connectivity index (χ0) is 34.7. The molecule has 0 saturated heterocycles. The SMILES string of the molecule is CP(C)c1cc2c(-c3ccccc3)cccc2[cH-]1.CP(C)c1cc2c(-c3ccccc3)cccc2[cH-]1.[Zr+2].c1ccc(CCc2ccccc2)cc1. The number of benzene rings is 6. The Kier molecular flexibility index (Phi) is 14.5. The second kappa shape index (κ2) is 19.2. The van der Waals surface area contributed by atoms with E-state index in [1.165, 1.54) is 65.5 Å². The van der Waals surface area contributed by atoms with E-state index < -0.39 is 0 Å². The van der Waals surface area contributed by atoms with Gasteiger partial charge < -0.3 is 0 Å². The van der Waals surface area contributed by atoms with Crippen LogP contribution in [0.5, 0.6) is 0 Å². The van der Waals surface area contributed by atoms with E-state index in [2.05, 4.69) is 209 Å². The monoisotopic (exact) mass is 774 g/mol. The molecule has 0 heterocycles. The summed E-state index contributed by atoms with van der Waals surface area (Å²) in [6, 6.07) is 65.1. The van der Waals surface area contributed by atoms with Crippen molar-refractivity contribution in [3.05, 3.63) is 193 Å². The summed E-state index contributed by atoms with van der Waals surface area (Å²) in [6.07, 6.45) is 2.26. The van der Waals surface area contributed by atoms with E-state index in [0.717, 1.165) is 12.8 Å². The molecule has 8 aromatic carbocycles. The van der Waals surface area contributed by atoms with Gasteiger partial charge in [-0.2, -0.15) is 12.1 Å². The number of fused-ring (bicyclic) bond motifs is 2.